The zero-order valence-electron chi connectivity index (χ0n) is 21.1. The number of amides is 1. The van der Waals surface area contributed by atoms with Crippen molar-refractivity contribution >= 4 is 17.4 Å². The Kier molecular flexibility index (Phi) is 7.75. The van der Waals surface area contributed by atoms with Gasteiger partial charge >= 0.3 is 0 Å². The van der Waals surface area contributed by atoms with E-state index in [2.05, 4.69) is 20.5 Å². The fourth-order valence-corrected chi connectivity index (χ4v) is 3.91. The number of hydrogen-bond donors (Lipinski definition) is 2. The molecule has 2 aromatic heterocycles. The van der Waals surface area contributed by atoms with Crippen molar-refractivity contribution in [2.24, 2.45) is 5.92 Å². The molecule has 0 aliphatic heterocycles. The molecule has 0 aliphatic rings. The number of nitrogens with two attached hydrogens (primary N) is 1. The zero-order chi connectivity index (χ0) is 27.4. The number of halogens is 1. The monoisotopic (exact) mass is 518 g/mol. The standard InChI is InChI=1S/C27H27FN6O4/c1-15(2)22(23(36)26-33-32-25(38-26)16(3)17-7-5-4-6-8-17)31-21(35)14-34-24(30-13-20(29)27(34)37)18-9-11-19(28)12-10-18/h4-13,15-16,22H,14,29H2,1-3H3,(H,31,35)/t16?,22-/m0/s1. The van der Waals surface area contributed by atoms with Crippen LogP contribution in [0, 0.1) is 11.7 Å². The highest BCUT2D eigenvalue weighted by atomic mass is 19.1. The summed E-state index contributed by atoms with van der Waals surface area (Å²) in [6.07, 6.45) is 1.18. The summed E-state index contributed by atoms with van der Waals surface area (Å²) < 4.78 is 20.2. The molecular formula is C27H27FN6O4. The first-order valence-corrected chi connectivity index (χ1v) is 12.0. The number of aromatic nitrogens is 4. The Bertz CT molecular complexity index is 1500. The molecule has 0 saturated carbocycles. The maximum atomic E-state index is 13.4. The Morgan fingerprint density at radius 2 is 1.74 bits per heavy atom. The van der Waals surface area contributed by atoms with E-state index in [9.17, 15) is 18.8 Å². The van der Waals surface area contributed by atoms with Crippen molar-refractivity contribution in [3.05, 3.63) is 94.3 Å². The minimum Gasteiger partial charge on any atom is -0.418 e. The summed E-state index contributed by atoms with van der Waals surface area (Å²) in [5, 5.41) is 10.6. The van der Waals surface area contributed by atoms with Crippen molar-refractivity contribution in [2.45, 2.75) is 39.3 Å². The maximum absolute atomic E-state index is 13.4. The predicted octanol–water partition coefficient (Wildman–Crippen LogP) is 3.19. The molecule has 2 aromatic carbocycles. The van der Waals surface area contributed by atoms with Crippen LogP contribution < -0.4 is 16.6 Å². The van der Waals surface area contributed by atoms with E-state index in [0.717, 1.165) is 10.1 Å². The van der Waals surface area contributed by atoms with Gasteiger partial charge in [0.1, 0.15) is 23.9 Å². The summed E-state index contributed by atoms with van der Waals surface area (Å²) in [6.45, 7) is 4.92. The van der Waals surface area contributed by atoms with Crippen molar-refractivity contribution < 1.29 is 18.4 Å². The van der Waals surface area contributed by atoms with Gasteiger partial charge in [0.2, 0.25) is 17.6 Å². The minimum atomic E-state index is -0.998. The highest BCUT2D eigenvalue weighted by Gasteiger charge is 2.30. The van der Waals surface area contributed by atoms with Crippen LogP contribution in [0.1, 0.15) is 48.8 Å². The molecule has 3 N–H and O–H groups in total. The summed E-state index contributed by atoms with van der Waals surface area (Å²) in [5.74, 6) is -2.03. The number of rotatable bonds is 9. The van der Waals surface area contributed by atoms with Crippen LogP contribution in [-0.2, 0) is 11.3 Å². The lowest BCUT2D eigenvalue weighted by molar-refractivity contribution is -0.122. The molecule has 2 heterocycles. The first kappa shape index (κ1) is 26.4. The van der Waals surface area contributed by atoms with E-state index in [1.54, 1.807) is 13.8 Å². The first-order chi connectivity index (χ1) is 18.2. The quantitative estimate of drug-likeness (QED) is 0.321. The number of nitrogen functional groups attached to an aromatic ring is 1. The van der Waals surface area contributed by atoms with Gasteiger partial charge in [0.15, 0.2) is 0 Å². The topological polar surface area (TPSA) is 146 Å². The van der Waals surface area contributed by atoms with Crippen molar-refractivity contribution in [3.8, 4) is 11.4 Å². The lowest BCUT2D eigenvalue weighted by atomic mass is 9.99. The number of carbonyl (C=O) groups is 2. The van der Waals surface area contributed by atoms with Crippen LogP contribution >= 0.6 is 0 Å². The Labute approximate surface area is 217 Å². The second-order valence-electron chi connectivity index (χ2n) is 9.17. The van der Waals surface area contributed by atoms with Gasteiger partial charge in [-0.1, -0.05) is 44.2 Å². The van der Waals surface area contributed by atoms with Gasteiger partial charge in [-0.05, 0) is 42.7 Å². The molecule has 0 bridgehead atoms. The van der Waals surface area contributed by atoms with Gasteiger partial charge in [0.05, 0.1) is 18.2 Å². The Balaban J connectivity index is 1.54. The van der Waals surface area contributed by atoms with Gasteiger partial charge < -0.3 is 15.5 Å². The SMILES string of the molecule is CC(c1ccccc1)c1nnc(C(=O)[C@@H](NC(=O)Cn2c(-c3ccc(F)cc3)ncc(N)c2=O)C(C)C)o1. The Hall–Kier alpha value is -4.67. The average molecular weight is 519 g/mol. The Morgan fingerprint density at radius 1 is 1.05 bits per heavy atom. The molecule has 0 radical (unpaired) electrons. The van der Waals surface area contributed by atoms with Crippen molar-refractivity contribution in [1.82, 2.24) is 25.1 Å². The van der Waals surface area contributed by atoms with E-state index < -0.39 is 35.7 Å². The molecule has 11 heteroatoms. The summed E-state index contributed by atoms with van der Waals surface area (Å²) in [4.78, 5) is 43.2. The number of hydrogen-bond acceptors (Lipinski definition) is 8. The van der Waals surface area contributed by atoms with Gasteiger partial charge in [0.25, 0.3) is 11.4 Å². The fraction of sp³-hybridized carbons (Fsp3) is 0.259. The number of anilines is 1. The number of Topliss-reactive ketones (excluding diaryl/α,β-unsaturated/α-hetero) is 1. The van der Waals surface area contributed by atoms with E-state index >= 15 is 0 Å². The van der Waals surface area contributed by atoms with Gasteiger partial charge in [-0.25, -0.2) is 9.37 Å². The second-order valence-corrected chi connectivity index (χ2v) is 9.17. The zero-order valence-corrected chi connectivity index (χ0v) is 21.1. The normalized spacial score (nSPS) is 12.8. The molecule has 38 heavy (non-hydrogen) atoms. The molecular weight excluding hydrogens is 491 g/mol. The van der Waals surface area contributed by atoms with E-state index in [1.807, 2.05) is 37.3 Å². The number of nitrogens with zero attached hydrogens (tertiary/aromatic N) is 4. The molecule has 10 nitrogen and oxygen atoms in total. The van der Waals surface area contributed by atoms with Crippen LogP contribution in [-0.4, -0.2) is 37.5 Å². The highest BCUT2D eigenvalue weighted by molar-refractivity contribution is 5.98. The van der Waals surface area contributed by atoms with Gasteiger partial charge in [-0.2, -0.15) is 0 Å². The molecule has 1 amide bonds. The maximum Gasteiger partial charge on any atom is 0.286 e. The smallest absolute Gasteiger partial charge is 0.286 e. The van der Waals surface area contributed by atoms with Crippen LogP contribution in [0.3, 0.4) is 0 Å². The number of benzene rings is 2. The van der Waals surface area contributed by atoms with Gasteiger partial charge in [0, 0.05) is 5.56 Å². The summed E-state index contributed by atoms with van der Waals surface area (Å²) in [5.41, 5.74) is 6.30. The Morgan fingerprint density at radius 3 is 2.39 bits per heavy atom. The third kappa shape index (κ3) is 5.66. The number of nitrogens with one attached hydrogen (secondary N) is 1. The van der Waals surface area contributed by atoms with E-state index in [1.165, 1.54) is 30.5 Å². The average Bonchev–Trinajstić information content (AvgIpc) is 3.41. The van der Waals surface area contributed by atoms with E-state index in [4.69, 9.17) is 10.2 Å². The second kappa shape index (κ2) is 11.2. The molecule has 0 saturated heterocycles. The van der Waals surface area contributed by atoms with Crippen molar-refractivity contribution in [1.29, 1.82) is 0 Å². The van der Waals surface area contributed by atoms with Crippen molar-refractivity contribution in [3.63, 3.8) is 0 Å². The lowest BCUT2D eigenvalue weighted by Gasteiger charge is -2.20. The number of ketones is 1. The largest absolute Gasteiger partial charge is 0.418 e. The molecule has 2 atom stereocenters. The molecule has 1 unspecified atom stereocenters. The third-order valence-electron chi connectivity index (χ3n) is 6.06. The summed E-state index contributed by atoms with van der Waals surface area (Å²) in [7, 11) is 0. The number of carbonyl (C=O) groups excluding carboxylic acids is 2. The van der Waals surface area contributed by atoms with Gasteiger partial charge in [-0.3, -0.25) is 19.0 Å². The van der Waals surface area contributed by atoms with E-state index in [0.29, 0.717) is 5.56 Å². The summed E-state index contributed by atoms with van der Waals surface area (Å²) in [6, 6.07) is 13.8. The molecule has 196 valence electrons. The first-order valence-electron chi connectivity index (χ1n) is 12.0. The predicted molar refractivity (Wildman–Crippen MR) is 138 cm³/mol. The van der Waals surface area contributed by atoms with Crippen LogP contribution in [0.5, 0.6) is 0 Å². The lowest BCUT2D eigenvalue weighted by Crippen LogP contribution is -2.46. The molecule has 4 aromatic rings. The third-order valence-corrected chi connectivity index (χ3v) is 6.06. The van der Waals surface area contributed by atoms with Crippen molar-refractivity contribution in [2.75, 3.05) is 5.73 Å². The summed E-state index contributed by atoms with van der Waals surface area (Å²) >= 11 is 0. The van der Waals surface area contributed by atoms with Crippen LogP contribution in [0.25, 0.3) is 11.4 Å². The van der Waals surface area contributed by atoms with E-state index in [-0.39, 0.29) is 35.1 Å². The molecule has 0 aliphatic carbocycles. The minimum absolute atomic E-state index is 0.128. The van der Waals surface area contributed by atoms with Crippen LogP contribution in [0.2, 0.25) is 0 Å². The van der Waals surface area contributed by atoms with Crippen LogP contribution in [0.15, 0.2) is 70.0 Å². The molecule has 0 spiro atoms. The van der Waals surface area contributed by atoms with Gasteiger partial charge in [-0.15, -0.1) is 10.2 Å². The molecule has 4 rings (SSSR count). The highest BCUT2D eigenvalue weighted by Crippen LogP contribution is 2.23. The fourth-order valence-electron chi connectivity index (χ4n) is 3.91. The van der Waals surface area contributed by atoms with Crippen LogP contribution in [0.4, 0.5) is 10.1 Å². The molecule has 0 fully saturated rings.